The number of aryl methyl sites for hydroxylation is 2. The Labute approximate surface area is 67.2 Å². The Hall–Kier alpha value is -0.860. The van der Waals surface area contributed by atoms with Gasteiger partial charge in [0, 0.05) is 0 Å². The van der Waals surface area contributed by atoms with Gasteiger partial charge in [-0.3, -0.25) is 0 Å². The smallest absolute Gasteiger partial charge is 0.0787 e. The van der Waals surface area contributed by atoms with Crippen molar-refractivity contribution in [3.05, 3.63) is 34.9 Å². The highest BCUT2D eigenvalue weighted by molar-refractivity contribution is 5.31. The van der Waals surface area contributed by atoms with Gasteiger partial charge >= 0.3 is 0 Å². The highest BCUT2D eigenvalue weighted by atomic mass is 14.8. The molecule has 0 amide bonds. The molecule has 4 N–H and O–H groups in total. The lowest BCUT2D eigenvalue weighted by Gasteiger charge is -2.09. The largest absolute Gasteiger partial charge is 0.312 e. The average Bonchev–Trinajstić information content (AvgIpc) is 1.85. The zero-order valence-electron chi connectivity index (χ0n) is 6.96. The van der Waals surface area contributed by atoms with Crippen LogP contribution in [0.2, 0.25) is 0 Å². The molecule has 1 aromatic rings. The van der Waals surface area contributed by atoms with Gasteiger partial charge < -0.3 is 11.5 Å². The Morgan fingerprint density at radius 1 is 1.18 bits per heavy atom. The summed E-state index contributed by atoms with van der Waals surface area (Å²) in [7, 11) is 0. The van der Waals surface area contributed by atoms with Gasteiger partial charge in [0.25, 0.3) is 0 Å². The van der Waals surface area contributed by atoms with E-state index < -0.39 is 0 Å². The predicted molar refractivity (Wildman–Crippen MR) is 47.0 cm³/mol. The maximum Gasteiger partial charge on any atom is 0.0787 e. The van der Waals surface area contributed by atoms with Gasteiger partial charge in [0.15, 0.2) is 0 Å². The van der Waals surface area contributed by atoms with E-state index >= 15 is 0 Å². The van der Waals surface area contributed by atoms with Crippen LogP contribution in [0.15, 0.2) is 18.2 Å². The molecule has 0 fully saturated rings. The minimum absolute atomic E-state index is 0.351. The van der Waals surface area contributed by atoms with Crippen molar-refractivity contribution in [1.29, 1.82) is 0 Å². The number of benzene rings is 1. The van der Waals surface area contributed by atoms with Gasteiger partial charge in [0.2, 0.25) is 0 Å². The second-order valence-electron chi connectivity index (χ2n) is 2.89. The van der Waals surface area contributed by atoms with E-state index in [2.05, 4.69) is 13.0 Å². The van der Waals surface area contributed by atoms with E-state index in [1.54, 1.807) is 0 Å². The minimum atomic E-state index is -0.351. The molecule has 0 saturated heterocycles. The molecule has 0 saturated carbocycles. The maximum atomic E-state index is 5.54. The molecule has 2 nitrogen and oxygen atoms in total. The molecule has 2 heteroatoms. The van der Waals surface area contributed by atoms with Crippen LogP contribution in [0.1, 0.15) is 22.9 Å². The molecule has 0 atom stereocenters. The van der Waals surface area contributed by atoms with Crippen molar-refractivity contribution < 1.29 is 0 Å². The van der Waals surface area contributed by atoms with Gasteiger partial charge in [-0.05, 0) is 25.0 Å². The van der Waals surface area contributed by atoms with Crippen molar-refractivity contribution in [2.45, 2.75) is 20.0 Å². The van der Waals surface area contributed by atoms with Crippen LogP contribution in [0.5, 0.6) is 0 Å². The van der Waals surface area contributed by atoms with Crippen LogP contribution < -0.4 is 11.5 Å². The molecular formula is C9H14N2. The molecule has 0 unspecified atom stereocenters. The van der Waals surface area contributed by atoms with E-state index in [0.717, 1.165) is 5.56 Å². The summed E-state index contributed by atoms with van der Waals surface area (Å²) in [4.78, 5) is 0. The van der Waals surface area contributed by atoms with Crippen LogP contribution in [0.4, 0.5) is 0 Å². The molecule has 0 aliphatic rings. The summed E-state index contributed by atoms with van der Waals surface area (Å²) in [5, 5.41) is 0. The Kier molecular flexibility index (Phi) is 2.27. The lowest BCUT2D eigenvalue weighted by molar-refractivity contribution is 0.766. The van der Waals surface area contributed by atoms with Crippen molar-refractivity contribution in [2.24, 2.45) is 11.5 Å². The molecule has 0 aliphatic heterocycles. The van der Waals surface area contributed by atoms with E-state index in [9.17, 15) is 0 Å². The molecule has 11 heavy (non-hydrogen) atoms. The molecule has 0 aromatic heterocycles. The topological polar surface area (TPSA) is 52.0 Å². The summed E-state index contributed by atoms with van der Waals surface area (Å²) in [5.41, 5.74) is 14.5. The minimum Gasteiger partial charge on any atom is -0.312 e. The van der Waals surface area contributed by atoms with Crippen LogP contribution in [0.3, 0.4) is 0 Å². The zero-order valence-corrected chi connectivity index (χ0v) is 6.96. The first-order chi connectivity index (χ1) is 5.11. The highest BCUT2D eigenvalue weighted by Crippen LogP contribution is 2.13. The fraction of sp³-hybridized carbons (Fsp3) is 0.333. The van der Waals surface area contributed by atoms with Crippen molar-refractivity contribution in [2.75, 3.05) is 0 Å². The number of hydrogen-bond donors (Lipinski definition) is 2. The third-order valence-electron chi connectivity index (χ3n) is 1.78. The first kappa shape index (κ1) is 8.24. The first-order valence-corrected chi connectivity index (χ1v) is 3.69. The van der Waals surface area contributed by atoms with E-state index in [1.807, 2.05) is 19.1 Å². The second-order valence-corrected chi connectivity index (χ2v) is 2.89. The van der Waals surface area contributed by atoms with Gasteiger partial charge in [0.1, 0.15) is 0 Å². The number of nitrogens with two attached hydrogens (primary N) is 2. The SMILES string of the molecule is Cc1ccc(C(N)N)c(C)c1. The van der Waals surface area contributed by atoms with Crippen molar-refractivity contribution >= 4 is 0 Å². The lowest BCUT2D eigenvalue weighted by atomic mass is 10.0. The van der Waals surface area contributed by atoms with E-state index in [4.69, 9.17) is 11.5 Å². The fourth-order valence-corrected chi connectivity index (χ4v) is 1.20. The zero-order chi connectivity index (χ0) is 8.43. The van der Waals surface area contributed by atoms with Crippen molar-refractivity contribution in [3.8, 4) is 0 Å². The molecular weight excluding hydrogens is 136 g/mol. The van der Waals surface area contributed by atoms with Gasteiger partial charge in [0.05, 0.1) is 6.17 Å². The molecule has 0 heterocycles. The quantitative estimate of drug-likeness (QED) is 0.591. The normalized spacial score (nSPS) is 10.6. The van der Waals surface area contributed by atoms with Gasteiger partial charge in [-0.25, -0.2) is 0 Å². The summed E-state index contributed by atoms with van der Waals surface area (Å²) < 4.78 is 0. The summed E-state index contributed by atoms with van der Waals surface area (Å²) in [5.74, 6) is 0. The second kappa shape index (κ2) is 3.03. The maximum absolute atomic E-state index is 5.54. The van der Waals surface area contributed by atoms with Crippen molar-refractivity contribution in [3.63, 3.8) is 0 Å². The van der Waals surface area contributed by atoms with Crippen LogP contribution in [-0.2, 0) is 0 Å². The van der Waals surface area contributed by atoms with E-state index in [0.29, 0.717) is 0 Å². The molecule has 0 bridgehead atoms. The Morgan fingerprint density at radius 2 is 1.82 bits per heavy atom. The Bertz CT molecular complexity index is 254. The molecule has 0 aliphatic carbocycles. The third kappa shape index (κ3) is 1.79. The van der Waals surface area contributed by atoms with Crippen molar-refractivity contribution in [1.82, 2.24) is 0 Å². The average molecular weight is 150 g/mol. The molecule has 1 rings (SSSR count). The fourth-order valence-electron chi connectivity index (χ4n) is 1.20. The van der Waals surface area contributed by atoms with Crippen LogP contribution in [0.25, 0.3) is 0 Å². The monoisotopic (exact) mass is 150 g/mol. The van der Waals surface area contributed by atoms with Gasteiger partial charge in [-0.15, -0.1) is 0 Å². The van der Waals surface area contributed by atoms with Crippen LogP contribution in [0, 0.1) is 13.8 Å². The van der Waals surface area contributed by atoms with Gasteiger partial charge in [-0.2, -0.15) is 0 Å². The highest BCUT2D eigenvalue weighted by Gasteiger charge is 2.02. The standard InChI is InChI=1S/C9H14N2/c1-6-3-4-8(9(10)11)7(2)5-6/h3-5,9H,10-11H2,1-2H3. The third-order valence-corrected chi connectivity index (χ3v) is 1.78. The van der Waals surface area contributed by atoms with E-state index in [1.165, 1.54) is 11.1 Å². The Morgan fingerprint density at radius 3 is 2.27 bits per heavy atom. The number of rotatable bonds is 1. The summed E-state index contributed by atoms with van der Waals surface area (Å²) in [6.45, 7) is 4.08. The predicted octanol–water partition coefficient (Wildman–Crippen LogP) is 1.22. The summed E-state index contributed by atoms with van der Waals surface area (Å²) in [6, 6.07) is 6.09. The Balaban J connectivity index is 3.09. The number of hydrogen-bond acceptors (Lipinski definition) is 2. The van der Waals surface area contributed by atoms with Crippen LogP contribution in [-0.4, -0.2) is 0 Å². The molecule has 0 radical (unpaired) electrons. The summed E-state index contributed by atoms with van der Waals surface area (Å²) in [6.07, 6.45) is -0.351. The molecule has 60 valence electrons. The van der Waals surface area contributed by atoms with E-state index in [-0.39, 0.29) is 6.17 Å². The molecule has 1 aromatic carbocycles. The summed E-state index contributed by atoms with van der Waals surface area (Å²) >= 11 is 0. The first-order valence-electron chi connectivity index (χ1n) is 3.69. The lowest BCUT2D eigenvalue weighted by Crippen LogP contribution is -2.20. The molecule has 0 spiro atoms. The van der Waals surface area contributed by atoms with Crippen LogP contribution >= 0.6 is 0 Å². The van der Waals surface area contributed by atoms with Gasteiger partial charge in [-0.1, -0.05) is 23.8 Å².